The van der Waals surface area contributed by atoms with E-state index in [1.807, 2.05) is 0 Å². The fourth-order valence-electron chi connectivity index (χ4n) is 1.01. The van der Waals surface area contributed by atoms with Gasteiger partial charge in [-0.15, -0.1) is 0 Å². The molecule has 72 valence electrons. The smallest absolute Gasteiger partial charge is 0.374 e. The van der Waals surface area contributed by atoms with Crippen LogP contribution in [0.15, 0.2) is 12.4 Å². The molecule has 0 bridgehead atoms. The van der Waals surface area contributed by atoms with Crippen molar-refractivity contribution in [2.75, 3.05) is 13.2 Å². The Hall–Kier alpha value is -1.36. The lowest BCUT2D eigenvalue weighted by Gasteiger charge is -2.04. The average molecular weight is 183 g/mol. The summed E-state index contributed by atoms with van der Waals surface area (Å²) < 4.78 is 6.49. The number of rotatable bonds is 4. The number of aromatic nitrogens is 2. The van der Waals surface area contributed by atoms with Gasteiger partial charge >= 0.3 is 5.97 Å². The van der Waals surface area contributed by atoms with Crippen LogP contribution in [0.2, 0.25) is 0 Å². The highest BCUT2D eigenvalue weighted by atomic mass is 16.5. The van der Waals surface area contributed by atoms with Gasteiger partial charge in [0.15, 0.2) is 0 Å². The second kappa shape index (κ2) is 4.61. The summed E-state index contributed by atoms with van der Waals surface area (Å²) in [5, 5.41) is 0. The zero-order valence-corrected chi connectivity index (χ0v) is 7.56. The Bertz CT molecular complexity index is 283. The van der Waals surface area contributed by atoms with Crippen LogP contribution in [0.4, 0.5) is 0 Å². The molecule has 13 heavy (non-hydrogen) atoms. The summed E-state index contributed by atoms with van der Waals surface area (Å²) in [6, 6.07) is 0. The first-order valence-electron chi connectivity index (χ1n) is 4.18. The van der Waals surface area contributed by atoms with E-state index in [-0.39, 0.29) is 0 Å². The first-order valence-corrected chi connectivity index (χ1v) is 4.18. The molecule has 5 nitrogen and oxygen atoms in total. The second-order valence-corrected chi connectivity index (χ2v) is 2.45. The van der Waals surface area contributed by atoms with E-state index in [2.05, 4.69) is 4.98 Å². The van der Waals surface area contributed by atoms with Crippen LogP contribution in [0.3, 0.4) is 0 Å². The van der Waals surface area contributed by atoms with Gasteiger partial charge in [-0.1, -0.05) is 0 Å². The summed E-state index contributed by atoms with van der Waals surface area (Å²) >= 11 is 0. The summed E-state index contributed by atoms with van der Waals surface area (Å²) in [7, 11) is 0. The van der Waals surface area contributed by atoms with Crippen LogP contribution >= 0.6 is 0 Å². The zero-order chi connectivity index (χ0) is 9.68. The Morgan fingerprint density at radius 3 is 3.15 bits per heavy atom. The quantitative estimate of drug-likeness (QED) is 0.668. The van der Waals surface area contributed by atoms with Crippen molar-refractivity contribution >= 4 is 5.97 Å². The van der Waals surface area contributed by atoms with E-state index >= 15 is 0 Å². The average Bonchev–Trinajstić information content (AvgIpc) is 2.54. The lowest BCUT2D eigenvalue weighted by atomic mass is 10.5. The van der Waals surface area contributed by atoms with E-state index in [1.165, 1.54) is 0 Å². The van der Waals surface area contributed by atoms with E-state index in [0.717, 1.165) is 0 Å². The molecular formula is C8H13N3O2. The molecule has 0 radical (unpaired) electrons. The van der Waals surface area contributed by atoms with Crippen LogP contribution in [0.25, 0.3) is 0 Å². The summed E-state index contributed by atoms with van der Waals surface area (Å²) in [6.45, 7) is 3.17. The lowest BCUT2D eigenvalue weighted by molar-refractivity contribution is 0.0506. The Labute approximate surface area is 76.5 Å². The maximum absolute atomic E-state index is 11.3. The van der Waals surface area contributed by atoms with Gasteiger partial charge in [-0.3, -0.25) is 0 Å². The number of ether oxygens (including phenoxy) is 1. The van der Waals surface area contributed by atoms with Crippen molar-refractivity contribution in [3.05, 3.63) is 18.2 Å². The monoisotopic (exact) mass is 183 g/mol. The van der Waals surface area contributed by atoms with E-state index in [0.29, 0.717) is 25.5 Å². The standard InChI is InChI=1S/C8H13N3O2/c1-2-13-8(12)7-10-4-6-11(7)5-3-9/h4,6H,2-3,5,9H2,1H3. The first kappa shape index (κ1) is 9.73. The van der Waals surface area contributed by atoms with Crippen LogP contribution in [-0.2, 0) is 11.3 Å². The highest BCUT2D eigenvalue weighted by molar-refractivity contribution is 5.85. The van der Waals surface area contributed by atoms with Crippen LogP contribution in [0.1, 0.15) is 17.5 Å². The van der Waals surface area contributed by atoms with E-state index in [4.69, 9.17) is 10.5 Å². The number of hydrogen-bond donors (Lipinski definition) is 1. The summed E-state index contributed by atoms with van der Waals surface area (Å²) in [5.41, 5.74) is 5.36. The van der Waals surface area contributed by atoms with E-state index in [9.17, 15) is 4.79 Å². The maximum Gasteiger partial charge on any atom is 0.374 e. The van der Waals surface area contributed by atoms with Gasteiger partial charge in [-0.05, 0) is 6.92 Å². The Kier molecular flexibility index (Phi) is 3.45. The summed E-state index contributed by atoms with van der Waals surface area (Å²) in [5.74, 6) is -0.0896. The molecule has 0 aliphatic heterocycles. The largest absolute Gasteiger partial charge is 0.460 e. The van der Waals surface area contributed by atoms with Gasteiger partial charge in [0.05, 0.1) is 6.61 Å². The molecule has 2 N–H and O–H groups in total. The molecule has 1 aromatic rings. The van der Waals surface area contributed by atoms with Crippen molar-refractivity contribution in [2.24, 2.45) is 5.73 Å². The zero-order valence-electron chi connectivity index (χ0n) is 7.56. The van der Waals surface area contributed by atoms with Crippen molar-refractivity contribution in [3.8, 4) is 0 Å². The second-order valence-electron chi connectivity index (χ2n) is 2.45. The first-order chi connectivity index (χ1) is 6.29. The van der Waals surface area contributed by atoms with Gasteiger partial charge < -0.3 is 15.0 Å². The fourth-order valence-corrected chi connectivity index (χ4v) is 1.01. The maximum atomic E-state index is 11.3. The van der Waals surface area contributed by atoms with Crippen molar-refractivity contribution in [1.29, 1.82) is 0 Å². The van der Waals surface area contributed by atoms with Crippen LogP contribution < -0.4 is 5.73 Å². The predicted octanol–water partition coefficient (Wildman–Crippen LogP) is 0.0185. The van der Waals surface area contributed by atoms with Crippen LogP contribution in [-0.4, -0.2) is 28.7 Å². The molecule has 0 aromatic carbocycles. The highest BCUT2D eigenvalue weighted by Crippen LogP contribution is 1.99. The van der Waals surface area contributed by atoms with Crippen molar-refractivity contribution in [1.82, 2.24) is 9.55 Å². The SMILES string of the molecule is CCOC(=O)c1nccn1CCN. The summed E-state index contributed by atoms with van der Waals surface area (Å²) in [6.07, 6.45) is 3.26. The van der Waals surface area contributed by atoms with Gasteiger partial charge in [0.25, 0.3) is 0 Å². The van der Waals surface area contributed by atoms with E-state index < -0.39 is 5.97 Å². The molecule has 5 heteroatoms. The van der Waals surface area contributed by atoms with Gasteiger partial charge in [-0.25, -0.2) is 9.78 Å². The van der Waals surface area contributed by atoms with Gasteiger partial charge in [0.1, 0.15) is 0 Å². The highest BCUT2D eigenvalue weighted by Gasteiger charge is 2.12. The number of hydrogen-bond acceptors (Lipinski definition) is 4. The fraction of sp³-hybridized carbons (Fsp3) is 0.500. The molecule has 0 spiro atoms. The number of esters is 1. The van der Waals surface area contributed by atoms with Crippen molar-refractivity contribution in [2.45, 2.75) is 13.5 Å². The molecule has 0 aliphatic carbocycles. The molecule has 0 unspecified atom stereocenters. The number of carbonyl (C=O) groups excluding carboxylic acids is 1. The van der Waals surface area contributed by atoms with Crippen LogP contribution in [0.5, 0.6) is 0 Å². The molecule has 0 fully saturated rings. The minimum atomic E-state index is -0.402. The molecule has 1 aromatic heterocycles. The normalized spacial score (nSPS) is 10.0. The molecule has 0 atom stereocenters. The van der Waals surface area contributed by atoms with Gasteiger partial charge in [0.2, 0.25) is 5.82 Å². The van der Waals surface area contributed by atoms with Crippen molar-refractivity contribution < 1.29 is 9.53 Å². The number of imidazole rings is 1. The minimum Gasteiger partial charge on any atom is -0.460 e. The predicted molar refractivity (Wildman–Crippen MR) is 47.2 cm³/mol. The Morgan fingerprint density at radius 1 is 1.77 bits per heavy atom. The topological polar surface area (TPSA) is 70.1 Å². The third kappa shape index (κ3) is 2.29. The summed E-state index contributed by atoms with van der Waals surface area (Å²) in [4.78, 5) is 15.1. The third-order valence-electron chi connectivity index (χ3n) is 1.54. The third-order valence-corrected chi connectivity index (χ3v) is 1.54. The van der Waals surface area contributed by atoms with Crippen LogP contribution in [0, 0.1) is 0 Å². The molecular weight excluding hydrogens is 170 g/mol. The van der Waals surface area contributed by atoms with Gasteiger partial charge in [0, 0.05) is 25.5 Å². The molecule has 0 aliphatic rings. The molecule has 1 rings (SSSR count). The lowest BCUT2D eigenvalue weighted by Crippen LogP contribution is -2.17. The molecule has 0 saturated carbocycles. The Balaban J connectivity index is 2.74. The number of nitrogens with two attached hydrogens (primary N) is 1. The number of nitrogens with zero attached hydrogens (tertiary/aromatic N) is 2. The Morgan fingerprint density at radius 2 is 2.54 bits per heavy atom. The van der Waals surface area contributed by atoms with E-state index in [1.54, 1.807) is 23.9 Å². The molecule has 0 saturated heterocycles. The minimum absolute atomic E-state index is 0.312. The molecule has 1 heterocycles. The molecule has 0 amide bonds. The number of carbonyl (C=O) groups is 1. The van der Waals surface area contributed by atoms with Crippen molar-refractivity contribution in [3.63, 3.8) is 0 Å². The van der Waals surface area contributed by atoms with Gasteiger partial charge in [-0.2, -0.15) is 0 Å².